The van der Waals surface area contributed by atoms with Crippen molar-refractivity contribution in [2.24, 2.45) is 0 Å². The van der Waals surface area contributed by atoms with Crippen LogP contribution in [0.25, 0.3) is 0 Å². The second kappa shape index (κ2) is 11.0. The van der Waals surface area contributed by atoms with Crippen LogP contribution in [0.15, 0.2) is 60.8 Å². The minimum absolute atomic E-state index is 0.0288. The summed E-state index contributed by atoms with van der Waals surface area (Å²) in [5.74, 6) is 7.29. The van der Waals surface area contributed by atoms with Crippen LogP contribution in [0.1, 0.15) is 45.0 Å². The number of nitrogens with zero attached hydrogens (tertiary/aromatic N) is 3. The fraction of sp³-hybridized carbons (Fsp3) is 0.321. The summed E-state index contributed by atoms with van der Waals surface area (Å²) in [5.41, 5.74) is 0.880. The van der Waals surface area contributed by atoms with Gasteiger partial charge in [-0.2, -0.15) is 4.98 Å². The standard InChI is InChI=1S/C28H30N4O4/c1-28(2,3)36-27(34)32-17-7-10-21(32)18-29-24-19-30-25(16-11-20-8-5-4-6-9-20)31-26(24)35-23-14-12-22(33)13-15-23/h4-6,8-9,12-15,19,21,29,33H,7,10,17-18H2,1-3H3/t21-/m0/s1. The van der Waals surface area contributed by atoms with Crippen LogP contribution in [0, 0.1) is 11.8 Å². The Hall–Kier alpha value is -4.25. The molecule has 8 nitrogen and oxygen atoms in total. The largest absolute Gasteiger partial charge is 0.508 e. The Bertz CT molecular complexity index is 1240. The topological polar surface area (TPSA) is 96.8 Å². The molecule has 0 aliphatic carbocycles. The summed E-state index contributed by atoms with van der Waals surface area (Å²) in [5, 5.41) is 12.9. The number of nitrogens with one attached hydrogen (secondary N) is 1. The summed E-state index contributed by atoms with van der Waals surface area (Å²) in [7, 11) is 0. The number of phenols is 1. The van der Waals surface area contributed by atoms with Crippen LogP contribution in [0.3, 0.4) is 0 Å². The number of hydrogen-bond acceptors (Lipinski definition) is 7. The minimum Gasteiger partial charge on any atom is -0.508 e. The Morgan fingerprint density at radius 2 is 1.89 bits per heavy atom. The number of ether oxygens (including phenoxy) is 2. The highest BCUT2D eigenvalue weighted by molar-refractivity contribution is 5.69. The Morgan fingerprint density at radius 3 is 2.61 bits per heavy atom. The first-order valence-electron chi connectivity index (χ1n) is 11.9. The summed E-state index contributed by atoms with van der Waals surface area (Å²) in [6.07, 6.45) is 3.09. The molecule has 1 amide bonds. The predicted molar refractivity (Wildman–Crippen MR) is 137 cm³/mol. The van der Waals surface area contributed by atoms with Gasteiger partial charge in [0.15, 0.2) is 0 Å². The first kappa shape index (κ1) is 24.9. The first-order valence-corrected chi connectivity index (χ1v) is 11.9. The monoisotopic (exact) mass is 486 g/mol. The van der Waals surface area contributed by atoms with Crippen molar-refractivity contribution in [3.8, 4) is 29.2 Å². The van der Waals surface area contributed by atoms with Crippen molar-refractivity contribution in [2.75, 3.05) is 18.4 Å². The molecule has 1 aliphatic rings. The van der Waals surface area contributed by atoms with E-state index in [0.717, 1.165) is 18.4 Å². The van der Waals surface area contributed by atoms with E-state index in [4.69, 9.17) is 9.47 Å². The van der Waals surface area contributed by atoms with Crippen molar-refractivity contribution in [3.63, 3.8) is 0 Å². The molecule has 0 spiro atoms. The molecule has 1 aliphatic heterocycles. The molecule has 1 atom stereocenters. The Balaban J connectivity index is 1.53. The van der Waals surface area contributed by atoms with Crippen molar-refractivity contribution < 1.29 is 19.4 Å². The zero-order valence-electron chi connectivity index (χ0n) is 20.7. The lowest BCUT2D eigenvalue weighted by Gasteiger charge is -2.29. The first-order chi connectivity index (χ1) is 17.3. The number of benzene rings is 2. The molecule has 1 saturated heterocycles. The van der Waals surface area contributed by atoms with Crippen molar-refractivity contribution in [1.29, 1.82) is 0 Å². The summed E-state index contributed by atoms with van der Waals surface area (Å²) < 4.78 is 11.6. The predicted octanol–water partition coefficient (Wildman–Crippen LogP) is 5.19. The van der Waals surface area contributed by atoms with E-state index in [0.29, 0.717) is 36.2 Å². The maximum atomic E-state index is 12.6. The fourth-order valence-electron chi connectivity index (χ4n) is 3.74. The molecule has 1 fully saturated rings. The van der Waals surface area contributed by atoms with Crippen LogP contribution >= 0.6 is 0 Å². The van der Waals surface area contributed by atoms with Crippen LogP contribution in [0.4, 0.5) is 10.5 Å². The van der Waals surface area contributed by atoms with Gasteiger partial charge in [-0.25, -0.2) is 9.78 Å². The van der Waals surface area contributed by atoms with Gasteiger partial charge < -0.3 is 24.8 Å². The van der Waals surface area contributed by atoms with Crippen molar-refractivity contribution >= 4 is 11.8 Å². The van der Waals surface area contributed by atoms with E-state index in [1.807, 2.05) is 51.1 Å². The third-order valence-electron chi connectivity index (χ3n) is 5.43. The quantitative estimate of drug-likeness (QED) is 0.479. The Morgan fingerprint density at radius 1 is 1.14 bits per heavy atom. The molecule has 0 unspecified atom stereocenters. The number of anilines is 1. The molecule has 0 radical (unpaired) electrons. The number of rotatable bonds is 5. The van der Waals surface area contributed by atoms with Gasteiger partial charge >= 0.3 is 6.09 Å². The van der Waals surface area contributed by atoms with Gasteiger partial charge in [-0.05, 0) is 75.9 Å². The second-order valence-electron chi connectivity index (χ2n) is 9.48. The van der Waals surface area contributed by atoms with Crippen molar-refractivity contribution in [3.05, 3.63) is 72.2 Å². The van der Waals surface area contributed by atoms with Gasteiger partial charge in [0.25, 0.3) is 0 Å². The summed E-state index contributed by atoms with van der Waals surface area (Å²) in [6, 6.07) is 15.9. The van der Waals surface area contributed by atoms with E-state index in [1.54, 1.807) is 23.2 Å². The number of carbonyl (C=O) groups is 1. The highest BCUT2D eigenvalue weighted by Gasteiger charge is 2.32. The third-order valence-corrected chi connectivity index (χ3v) is 5.43. The maximum Gasteiger partial charge on any atom is 0.410 e. The average molecular weight is 487 g/mol. The lowest BCUT2D eigenvalue weighted by Crippen LogP contribution is -2.42. The molecule has 2 N–H and O–H groups in total. The minimum atomic E-state index is -0.548. The molecule has 4 rings (SSSR count). The second-order valence-corrected chi connectivity index (χ2v) is 9.48. The summed E-state index contributed by atoms with van der Waals surface area (Å²) in [4.78, 5) is 23.3. The molecular weight excluding hydrogens is 456 g/mol. The van der Waals surface area contributed by atoms with Gasteiger partial charge in [0, 0.05) is 18.7 Å². The molecule has 2 heterocycles. The normalized spacial score (nSPS) is 15.1. The molecule has 36 heavy (non-hydrogen) atoms. The molecule has 186 valence electrons. The molecule has 1 aromatic heterocycles. The molecule has 2 aromatic carbocycles. The van der Waals surface area contributed by atoms with E-state index in [2.05, 4.69) is 27.1 Å². The Labute approximate surface area is 211 Å². The van der Waals surface area contributed by atoms with E-state index >= 15 is 0 Å². The number of phenolic OH excluding ortho intramolecular Hbond substituents is 1. The number of amides is 1. The molecule has 0 bridgehead atoms. The number of aromatic nitrogens is 2. The number of carbonyl (C=O) groups excluding carboxylic acids is 1. The van der Waals surface area contributed by atoms with E-state index in [-0.39, 0.29) is 17.9 Å². The van der Waals surface area contributed by atoms with E-state index in [1.165, 1.54) is 12.1 Å². The average Bonchev–Trinajstić information content (AvgIpc) is 3.32. The highest BCUT2D eigenvalue weighted by atomic mass is 16.6. The molecule has 8 heteroatoms. The lowest BCUT2D eigenvalue weighted by molar-refractivity contribution is 0.0235. The summed E-state index contributed by atoms with van der Waals surface area (Å²) in [6.45, 7) is 6.73. The van der Waals surface area contributed by atoms with Gasteiger partial charge in [0.2, 0.25) is 11.7 Å². The number of hydrogen-bond donors (Lipinski definition) is 2. The fourth-order valence-corrected chi connectivity index (χ4v) is 3.74. The van der Waals surface area contributed by atoms with Crippen LogP contribution in [0.2, 0.25) is 0 Å². The maximum absolute atomic E-state index is 12.6. The molecule has 0 saturated carbocycles. The highest BCUT2D eigenvalue weighted by Crippen LogP contribution is 2.29. The third kappa shape index (κ3) is 6.89. The van der Waals surface area contributed by atoms with Gasteiger partial charge in [0.1, 0.15) is 22.8 Å². The lowest BCUT2D eigenvalue weighted by atomic mass is 10.2. The van der Waals surface area contributed by atoms with Crippen molar-refractivity contribution in [1.82, 2.24) is 14.9 Å². The zero-order chi connectivity index (χ0) is 25.5. The van der Waals surface area contributed by atoms with Crippen LogP contribution in [-0.4, -0.2) is 50.8 Å². The van der Waals surface area contributed by atoms with Crippen molar-refractivity contribution in [2.45, 2.75) is 45.3 Å². The van der Waals surface area contributed by atoms with Crippen LogP contribution in [-0.2, 0) is 4.74 Å². The van der Waals surface area contributed by atoms with Crippen LogP contribution < -0.4 is 10.1 Å². The van der Waals surface area contributed by atoms with E-state index < -0.39 is 5.60 Å². The Kier molecular flexibility index (Phi) is 7.59. The van der Waals surface area contributed by atoms with Gasteiger partial charge in [-0.3, -0.25) is 0 Å². The smallest absolute Gasteiger partial charge is 0.410 e. The zero-order valence-corrected chi connectivity index (χ0v) is 20.7. The number of likely N-dealkylation sites (tertiary alicyclic amines) is 1. The SMILES string of the molecule is CC(C)(C)OC(=O)N1CCC[C@H]1CNc1cnc(C#Cc2ccccc2)nc1Oc1ccc(O)cc1. The van der Waals surface area contributed by atoms with Gasteiger partial charge in [-0.15, -0.1) is 0 Å². The van der Waals surface area contributed by atoms with Crippen LogP contribution in [0.5, 0.6) is 17.4 Å². The van der Waals surface area contributed by atoms with Gasteiger partial charge in [0.05, 0.1) is 12.2 Å². The summed E-state index contributed by atoms with van der Waals surface area (Å²) >= 11 is 0. The van der Waals surface area contributed by atoms with Gasteiger partial charge in [-0.1, -0.05) is 24.1 Å². The van der Waals surface area contributed by atoms with E-state index in [9.17, 15) is 9.90 Å². The molecule has 3 aromatic rings. The number of aromatic hydroxyl groups is 1. The molecular formula is C28H30N4O4.